The molecule has 4 nitrogen and oxygen atoms in total. The maximum atomic E-state index is 8.96. The Balaban J connectivity index is 1.88. The van der Waals surface area contributed by atoms with Crippen LogP contribution in [0.1, 0.15) is 38.5 Å². The average molecular weight is 190 g/mol. The van der Waals surface area contributed by atoms with Crippen LogP contribution in [0.4, 0.5) is 0 Å². The van der Waals surface area contributed by atoms with E-state index in [4.69, 9.17) is 10.5 Å². The standard InChI is InChI=1S/C10H14N4/c11-7-9(3-1-4-9)13-14-10(8-12)5-2-6-10/h13-14H,1-6H2. The van der Waals surface area contributed by atoms with Crippen molar-refractivity contribution in [2.24, 2.45) is 0 Å². The molecule has 0 aromatic rings. The third-order valence-corrected chi connectivity index (χ3v) is 3.38. The van der Waals surface area contributed by atoms with Crippen LogP contribution in [-0.4, -0.2) is 11.1 Å². The Morgan fingerprint density at radius 1 is 0.786 bits per heavy atom. The maximum absolute atomic E-state index is 8.96. The highest BCUT2D eigenvalue weighted by atomic mass is 15.4. The predicted octanol–water partition coefficient (Wildman–Crippen LogP) is 0.973. The molecule has 0 amide bonds. The molecule has 2 aliphatic rings. The lowest BCUT2D eigenvalue weighted by Crippen LogP contribution is -2.64. The van der Waals surface area contributed by atoms with Crippen molar-refractivity contribution in [3.05, 3.63) is 0 Å². The zero-order chi connectivity index (χ0) is 10.1. The van der Waals surface area contributed by atoms with Crippen LogP contribution in [0.5, 0.6) is 0 Å². The van der Waals surface area contributed by atoms with E-state index in [1.165, 1.54) is 0 Å². The molecule has 2 rings (SSSR count). The second-order valence-corrected chi connectivity index (χ2v) is 4.34. The Bertz CT molecular complexity index is 269. The van der Waals surface area contributed by atoms with Gasteiger partial charge in [0.05, 0.1) is 12.1 Å². The predicted molar refractivity (Wildman–Crippen MR) is 50.7 cm³/mol. The van der Waals surface area contributed by atoms with Crippen molar-refractivity contribution in [3.63, 3.8) is 0 Å². The third kappa shape index (κ3) is 1.37. The van der Waals surface area contributed by atoms with Gasteiger partial charge >= 0.3 is 0 Å². The lowest BCUT2D eigenvalue weighted by molar-refractivity contribution is 0.148. The molecule has 0 atom stereocenters. The molecule has 2 saturated carbocycles. The summed E-state index contributed by atoms with van der Waals surface area (Å²) >= 11 is 0. The third-order valence-electron chi connectivity index (χ3n) is 3.38. The lowest BCUT2D eigenvalue weighted by Gasteiger charge is -2.42. The monoisotopic (exact) mass is 190 g/mol. The Labute approximate surface area is 83.9 Å². The van der Waals surface area contributed by atoms with Crippen LogP contribution in [0.15, 0.2) is 0 Å². The number of nitriles is 2. The van der Waals surface area contributed by atoms with Gasteiger partial charge in [-0.1, -0.05) is 0 Å². The number of rotatable bonds is 3. The van der Waals surface area contributed by atoms with E-state index in [1.807, 2.05) is 0 Å². The van der Waals surface area contributed by atoms with Crippen molar-refractivity contribution in [2.75, 3.05) is 0 Å². The molecule has 0 unspecified atom stereocenters. The van der Waals surface area contributed by atoms with E-state index in [1.54, 1.807) is 0 Å². The summed E-state index contributed by atoms with van der Waals surface area (Å²) in [6, 6.07) is 4.55. The summed E-state index contributed by atoms with van der Waals surface area (Å²) in [5.41, 5.74) is 5.28. The van der Waals surface area contributed by atoms with Crippen molar-refractivity contribution in [3.8, 4) is 12.1 Å². The molecule has 14 heavy (non-hydrogen) atoms. The average Bonchev–Trinajstić information content (AvgIpc) is 2.07. The fraction of sp³-hybridized carbons (Fsp3) is 0.800. The van der Waals surface area contributed by atoms with Crippen LogP contribution in [0, 0.1) is 22.7 Å². The topological polar surface area (TPSA) is 71.6 Å². The highest BCUT2D eigenvalue weighted by Gasteiger charge is 2.42. The smallest absolute Gasteiger partial charge is 0.119 e. The normalized spacial score (nSPS) is 26.4. The Kier molecular flexibility index (Phi) is 2.19. The summed E-state index contributed by atoms with van der Waals surface area (Å²) in [6.07, 6.45) is 5.75. The van der Waals surface area contributed by atoms with E-state index in [2.05, 4.69) is 23.0 Å². The molecule has 0 radical (unpaired) electrons. The Hall–Kier alpha value is -1.10. The first-order chi connectivity index (χ1) is 6.74. The molecule has 0 aliphatic heterocycles. The first-order valence-electron chi connectivity index (χ1n) is 5.11. The van der Waals surface area contributed by atoms with E-state index >= 15 is 0 Å². The molecule has 0 aromatic heterocycles. The second-order valence-electron chi connectivity index (χ2n) is 4.34. The quantitative estimate of drug-likeness (QED) is 0.650. The summed E-state index contributed by atoms with van der Waals surface area (Å²) in [7, 11) is 0. The number of nitrogens with one attached hydrogen (secondary N) is 2. The van der Waals surface area contributed by atoms with Crippen LogP contribution < -0.4 is 10.9 Å². The SMILES string of the molecule is N#CC1(NNC2(C#N)CCC2)CCC1. The van der Waals surface area contributed by atoms with Crippen molar-refractivity contribution < 1.29 is 0 Å². The van der Waals surface area contributed by atoms with Gasteiger partial charge in [-0.05, 0) is 38.5 Å². The molecule has 0 saturated heterocycles. The summed E-state index contributed by atoms with van der Waals surface area (Å²) in [5, 5.41) is 17.9. The van der Waals surface area contributed by atoms with Gasteiger partial charge in [-0.15, -0.1) is 0 Å². The minimum Gasteiger partial charge on any atom is -0.236 e. The number of nitrogens with zero attached hydrogens (tertiary/aromatic N) is 2. The molecule has 2 aliphatic carbocycles. The molecule has 0 spiro atoms. The fourth-order valence-corrected chi connectivity index (χ4v) is 1.83. The van der Waals surface area contributed by atoms with Crippen molar-refractivity contribution in [1.29, 1.82) is 10.5 Å². The Morgan fingerprint density at radius 3 is 1.29 bits per heavy atom. The zero-order valence-corrected chi connectivity index (χ0v) is 8.14. The first kappa shape index (κ1) is 9.45. The summed E-state index contributed by atoms with van der Waals surface area (Å²) in [6.45, 7) is 0. The number of hydrogen-bond acceptors (Lipinski definition) is 4. The van der Waals surface area contributed by atoms with Gasteiger partial charge in [0.1, 0.15) is 11.1 Å². The molecular weight excluding hydrogens is 176 g/mol. The molecule has 2 N–H and O–H groups in total. The second kappa shape index (κ2) is 3.24. The molecule has 74 valence electrons. The molecule has 2 fully saturated rings. The molecule has 0 heterocycles. The lowest BCUT2D eigenvalue weighted by atomic mass is 9.77. The number of hydrogen-bond donors (Lipinski definition) is 2. The highest BCUT2D eigenvalue weighted by Crippen LogP contribution is 2.33. The van der Waals surface area contributed by atoms with Crippen LogP contribution >= 0.6 is 0 Å². The van der Waals surface area contributed by atoms with Gasteiger partial charge in [-0.25, -0.2) is 10.9 Å². The summed E-state index contributed by atoms with van der Waals surface area (Å²) < 4.78 is 0. The van der Waals surface area contributed by atoms with Gasteiger partial charge in [-0.2, -0.15) is 10.5 Å². The largest absolute Gasteiger partial charge is 0.236 e. The Morgan fingerprint density at radius 2 is 1.14 bits per heavy atom. The van der Waals surface area contributed by atoms with E-state index in [0.29, 0.717) is 0 Å². The number of hydrazine groups is 1. The van der Waals surface area contributed by atoms with Crippen molar-refractivity contribution in [1.82, 2.24) is 10.9 Å². The van der Waals surface area contributed by atoms with Gasteiger partial charge in [0.2, 0.25) is 0 Å². The maximum Gasteiger partial charge on any atom is 0.119 e. The van der Waals surface area contributed by atoms with E-state index < -0.39 is 11.1 Å². The van der Waals surface area contributed by atoms with E-state index in [0.717, 1.165) is 38.5 Å². The summed E-state index contributed by atoms with van der Waals surface area (Å²) in [5.74, 6) is 0. The van der Waals surface area contributed by atoms with Crippen LogP contribution in [0.3, 0.4) is 0 Å². The van der Waals surface area contributed by atoms with Gasteiger partial charge in [0, 0.05) is 0 Å². The first-order valence-corrected chi connectivity index (χ1v) is 5.11. The highest BCUT2D eigenvalue weighted by molar-refractivity contribution is 5.16. The van der Waals surface area contributed by atoms with Crippen molar-refractivity contribution in [2.45, 2.75) is 49.6 Å². The van der Waals surface area contributed by atoms with Crippen LogP contribution in [0.25, 0.3) is 0 Å². The van der Waals surface area contributed by atoms with E-state index in [-0.39, 0.29) is 0 Å². The van der Waals surface area contributed by atoms with Crippen LogP contribution in [-0.2, 0) is 0 Å². The fourth-order valence-electron chi connectivity index (χ4n) is 1.83. The van der Waals surface area contributed by atoms with Gasteiger partial charge in [0.15, 0.2) is 0 Å². The molecule has 4 heteroatoms. The van der Waals surface area contributed by atoms with Crippen LogP contribution in [0.2, 0.25) is 0 Å². The minimum absolute atomic E-state index is 0.403. The molecule has 0 bridgehead atoms. The van der Waals surface area contributed by atoms with Gasteiger partial charge < -0.3 is 0 Å². The van der Waals surface area contributed by atoms with Gasteiger partial charge in [-0.3, -0.25) is 0 Å². The summed E-state index contributed by atoms with van der Waals surface area (Å²) in [4.78, 5) is 0. The molecular formula is C10H14N4. The van der Waals surface area contributed by atoms with Crippen molar-refractivity contribution >= 4 is 0 Å². The minimum atomic E-state index is -0.403. The zero-order valence-electron chi connectivity index (χ0n) is 8.14. The van der Waals surface area contributed by atoms with E-state index in [9.17, 15) is 0 Å². The molecule has 0 aromatic carbocycles. The van der Waals surface area contributed by atoms with Gasteiger partial charge in [0.25, 0.3) is 0 Å².